The second-order valence-corrected chi connectivity index (χ2v) is 4.37. The summed E-state index contributed by atoms with van der Waals surface area (Å²) in [5.74, 6) is -0.807. The van der Waals surface area contributed by atoms with Crippen molar-refractivity contribution in [2.45, 2.75) is 19.3 Å². The average molecular weight is 207 g/mol. The molecule has 0 atom stereocenters. The third-order valence-corrected chi connectivity index (χ3v) is 2.62. The molecule has 0 aliphatic heterocycles. The van der Waals surface area contributed by atoms with E-state index in [9.17, 15) is 4.79 Å². The molecule has 0 saturated heterocycles. The van der Waals surface area contributed by atoms with E-state index in [1.54, 1.807) is 13.8 Å². The van der Waals surface area contributed by atoms with Crippen molar-refractivity contribution in [1.29, 1.82) is 0 Å². The molecule has 0 unspecified atom stereocenters. The number of carboxylic acids is 1. The van der Waals surface area contributed by atoms with Gasteiger partial charge in [0.05, 0.1) is 5.41 Å². The summed E-state index contributed by atoms with van der Waals surface area (Å²) in [6.45, 7) is 3.42. The standard InChI is InChI=1S/C12H17NO2/c1-12(2,11(14)15)9-6-5-7-10(8-9)13(3)4/h5-8H,1-4H3,(H,14,15). The summed E-state index contributed by atoms with van der Waals surface area (Å²) in [5.41, 5.74) is 0.995. The van der Waals surface area contributed by atoms with E-state index in [-0.39, 0.29) is 0 Å². The van der Waals surface area contributed by atoms with Gasteiger partial charge < -0.3 is 10.0 Å². The van der Waals surface area contributed by atoms with E-state index in [0.29, 0.717) is 0 Å². The van der Waals surface area contributed by atoms with Crippen molar-refractivity contribution in [2.75, 3.05) is 19.0 Å². The molecule has 0 amide bonds. The van der Waals surface area contributed by atoms with Gasteiger partial charge in [-0.25, -0.2) is 0 Å². The number of benzene rings is 1. The van der Waals surface area contributed by atoms with E-state index >= 15 is 0 Å². The maximum Gasteiger partial charge on any atom is 0.313 e. The number of carboxylic acid groups (broad SMARTS) is 1. The highest BCUT2D eigenvalue weighted by Crippen LogP contribution is 2.26. The summed E-state index contributed by atoms with van der Waals surface area (Å²) in [6, 6.07) is 7.60. The maximum absolute atomic E-state index is 11.1. The fraction of sp³-hybridized carbons (Fsp3) is 0.417. The van der Waals surface area contributed by atoms with Crippen LogP contribution in [0.15, 0.2) is 24.3 Å². The second-order valence-electron chi connectivity index (χ2n) is 4.37. The molecular formula is C12H17NO2. The number of hydrogen-bond acceptors (Lipinski definition) is 2. The quantitative estimate of drug-likeness (QED) is 0.825. The topological polar surface area (TPSA) is 40.5 Å². The van der Waals surface area contributed by atoms with Gasteiger partial charge in [-0.2, -0.15) is 0 Å². The van der Waals surface area contributed by atoms with Crippen molar-refractivity contribution >= 4 is 11.7 Å². The molecule has 1 aromatic rings. The van der Waals surface area contributed by atoms with Gasteiger partial charge in [0.2, 0.25) is 0 Å². The third kappa shape index (κ3) is 2.29. The zero-order valence-electron chi connectivity index (χ0n) is 9.61. The molecule has 0 heterocycles. The summed E-state index contributed by atoms with van der Waals surface area (Å²) in [6.07, 6.45) is 0. The normalized spacial score (nSPS) is 11.2. The lowest BCUT2D eigenvalue weighted by Crippen LogP contribution is -2.28. The molecule has 1 aromatic carbocycles. The van der Waals surface area contributed by atoms with E-state index in [0.717, 1.165) is 11.3 Å². The lowest BCUT2D eigenvalue weighted by atomic mass is 9.84. The van der Waals surface area contributed by atoms with Crippen LogP contribution in [0.1, 0.15) is 19.4 Å². The third-order valence-electron chi connectivity index (χ3n) is 2.62. The molecule has 0 saturated carbocycles. The molecule has 0 aliphatic rings. The first-order chi connectivity index (χ1) is 6.85. The Kier molecular flexibility index (Phi) is 3.03. The maximum atomic E-state index is 11.1. The summed E-state index contributed by atoms with van der Waals surface area (Å²) in [4.78, 5) is 13.0. The first-order valence-electron chi connectivity index (χ1n) is 4.87. The molecule has 1 rings (SSSR count). The molecule has 0 aromatic heterocycles. The van der Waals surface area contributed by atoms with E-state index in [1.807, 2.05) is 43.3 Å². The number of rotatable bonds is 3. The van der Waals surface area contributed by atoms with Gasteiger partial charge in [0.1, 0.15) is 0 Å². The van der Waals surface area contributed by atoms with Crippen LogP contribution in [0.4, 0.5) is 5.69 Å². The lowest BCUT2D eigenvalue weighted by molar-refractivity contribution is -0.142. The Bertz CT molecular complexity index is 370. The van der Waals surface area contributed by atoms with Crippen LogP contribution in [-0.4, -0.2) is 25.2 Å². The average Bonchev–Trinajstić information content (AvgIpc) is 2.17. The number of aliphatic carboxylic acids is 1. The summed E-state index contributed by atoms with van der Waals surface area (Å²) < 4.78 is 0. The number of carbonyl (C=O) groups is 1. The van der Waals surface area contributed by atoms with Gasteiger partial charge >= 0.3 is 5.97 Å². The molecule has 0 bridgehead atoms. The van der Waals surface area contributed by atoms with Crippen LogP contribution in [0.25, 0.3) is 0 Å². The van der Waals surface area contributed by atoms with Crippen LogP contribution in [0.2, 0.25) is 0 Å². The van der Waals surface area contributed by atoms with Gasteiger partial charge in [-0.3, -0.25) is 4.79 Å². The van der Waals surface area contributed by atoms with Gasteiger partial charge in [-0.15, -0.1) is 0 Å². The SMILES string of the molecule is CN(C)c1cccc(C(C)(C)C(=O)O)c1. The van der Waals surface area contributed by atoms with Crippen LogP contribution < -0.4 is 4.90 Å². The van der Waals surface area contributed by atoms with E-state index in [1.165, 1.54) is 0 Å². The molecule has 0 fully saturated rings. The molecule has 3 heteroatoms. The Morgan fingerprint density at radius 1 is 1.33 bits per heavy atom. The fourth-order valence-corrected chi connectivity index (χ4v) is 1.30. The zero-order chi connectivity index (χ0) is 11.6. The monoisotopic (exact) mass is 207 g/mol. The Morgan fingerprint density at radius 2 is 1.93 bits per heavy atom. The first-order valence-corrected chi connectivity index (χ1v) is 4.87. The highest BCUT2D eigenvalue weighted by atomic mass is 16.4. The van der Waals surface area contributed by atoms with Crippen molar-refractivity contribution in [3.05, 3.63) is 29.8 Å². The van der Waals surface area contributed by atoms with E-state index in [4.69, 9.17) is 5.11 Å². The molecular weight excluding hydrogens is 190 g/mol. The van der Waals surface area contributed by atoms with Crippen molar-refractivity contribution in [3.63, 3.8) is 0 Å². The highest BCUT2D eigenvalue weighted by molar-refractivity contribution is 5.80. The van der Waals surface area contributed by atoms with Gasteiger partial charge in [0, 0.05) is 19.8 Å². The van der Waals surface area contributed by atoms with Gasteiger partial charge in [0.25, 0.3) is 0 Å². The predicted molar refractivity (Wildman–Crippen MR) is 61.4 cm³/mol. The Morgan fingerprint density at radius 3 is 2.40 bits per heavy atom. The number of hydrogen-bond donors (Lipinski definition) is 1. The second kappa shape index (κ2) is 3.93. The van der Waals surface area contributed by atoms with Crippen molar-refractivity contribution in [1.82, 2.24) is 0 Å². The van der Waals surface area contributed by atoms with E-state index in [2.05, 4.69) is 0 Å². The van der Waals surface area contributed by atoms with Crippen LogP contribution >= 0.6 is 0 Å². The van der Waals surface area contributed by atoms with Crippen molar-refractivity contribution in [3.8, 4) is 0 Å². The highest BCUT2D eigenvalue weighted by Gasteiger charge is 2.29. The van der Waals surface area contributed by atoms with Crippen LogP contribution in [-0.2, 0) is 10.2 Å². The van der Waals surface area contributed by atoms with Crippen molar-refractivity contribution in [2.24, 2.45) is 0 Å². The lowest BCUT2D eigenvalue weighted by Gasteiger charge is -2.22. The van der Waals surface area contributed by atoms with E-state index < -0.39 is 11.4 Å². The number of anilines is 1. The van der Waals surface area contributed by atoms with Crippen molar-refractivity contribution < 1.29 is 9.90 Å². The van der Waals surface area contributed by atoms with Gasteiger partial charge in [-0.1, -0.05) is 12.1 Å². The van der Waals surface area contributed by atoms with Gasteiger partial charge in [0.15, 0.2) is 0 Å². The van der Waals surface area contributed by atoms with Crippen LogP contribution in [0, 0.1) is 0 Å². The summed E-state index contributed by atoms with van der Waals surface area (Å²) in [7, 11) is 3.87. The molecule has 82 valence electrons. The summed E-state index contributed by atoms with van der Waals surface area (Å²) in [5, 5.41) is 9.11. The largest absolute Gasteiger partial charge is 0.481 e. The zero-order valence-corrected chi connectivity index (χ0v) is 9.61. The molecule has 0 aliphatic carbocycles. The van der Waals surface area contributed by atoms with Crippen LogP contribution in [0.5, 0.6) is 0 Å². The molecule has 0 spiro atoms. The molecule has 1 N–H and O–H groups in total. The predicted octanol–water partition coefficient (Wildman–Crippen LogP) is 2.11. The first kappa shape index (κ1) is 11.6. The summed E-state index contributed by atoms with van der Waals surface area (Å²) >= 11 is 0. The van der Waals surface area contributed by atoms with Crippen LogP contribution in [0.3, 0.4) is 0 Å². The molecule has 3 nitrogen and oxygen atoms in total. The number of nitrogens with zero attached hydrogens (tertiary/aromatic N) is 1. The molecule has 15 heavy (non-hydrogen) atoms. The Balaban J connectivity index is 3.16. The van der Waals surface area contributed by atoms with Gasteiger partial charge in [-0.05, 0) is 31.5 Å². The smallest absolute Gasteiger partial charge is 0.313 e. The minimum atomic E-state index is -0.841. The minimum Gasteiger partial charge on any atom is -0.481 e. The fourth-order valence-electron chi connectivity index (χ4n) is 1.30. The molecule has 0 radical (unpaired) electrons. The minimum absolute atomic E-state index is 0.807. The Hall–Kier alpha value is -1.51. The Labute approximate surface area is 90.3 Å².